The predicted octanol–water partition coefficient (Wildman–Crippen LogP) is 1.76. The fourth-order valence-corrected chi connectivity index (χ4v) is 2.73. The topological polar surface area (TPSA) is 59.6 Å². The van der Waals surface area contributed by atoms with Crippen molar-refractivity contribution in [1.82, 2.24) is 10.6 Å². The first kappa shape index (κ1) is 16.6. The molecule has 2 aliphatic rings. The maximum absolute atomic E-state index is 12.3. The number of rotatable bonds is 3. The lowest BCUT2D eigenvalue weighted by molar-refractivity contribution is -0.118. The molecule has 0 spiro atoms. The quantitative estimate of drug-likeness (QED) is 0.889. The molecule has 22 heavy (non-hydrogen) atoms. The van der Waals surface area contributed by atoms with Crippen LogP contribution in [0.5, 0.6) is 11.5 Å². The molecule has 0 aliphatic carbocycles. The average molecular weight is 325 g/mol. The van der Waals surface area contributed by atoms with Crippen LogP contribution in [-0.2, 0) is 4.79 Å². The third kappa shape index (κ3) is 3.54. The first-order chi connectivity index (χ1) is 10.3. The van der Waals surface area contributed by atoms with Crippen LogP contribution in [0.25, 0.3) is 6.08 Å². The van der Waals surface area contributed by atoms with Crippen molar-refractivity contribution in [3.05, 3.63) is 29.3 Å². The summed E-state index contributed by atoms with van der Waals surface area (Å²) < 4.78 is 11.0. The summed E-state index contributed by atoms with van der Waals surface area (Å²) in [6.07, 6.45) is 4.00. The Labute approximate surface area is 136 Å². The average Bonchev–Trinajstić information content (AvgIpc) is 2.54. The molecule has 2 heterocycles. The van der Waals surface area contributed by atoms with Crippen molar-refractivity contribution in [2.75, 3.05) is 26.8 Å². The van der Waals surface area contributed by atoms with E-state index in [1.54, 1.807) is 7.11 Å². The van der Waals surface area contributed by atoms with Gasteiger partial charge in [0.15, 0.2) is 11.5 Å². The van der Waals surface area contributed by atoms with Crippen LogP contribution in [-0.4, -0.2) is 38.8 Å². The van der Waals surface area contributed by atoms with E-state index < -0.39 is 0 Å². The Morgan fingerprint density at radius 1 is 1.45 bits per heavy atom. The minimum atomic E-state index is -0.0443. The van der Waals surface area contributed by atoms with Crippen molar-refractivity contribution >= 4 is 24.4 Å². The number of benzene rings is 1. The number of hydrogen-bond acceptors (Lipinski definition) is 4. The normalized spacial score (nSPS) is 19.9. The van der Waals surface area contributed by atoms with Gasteiger partial charge in [-0.2, -0.15) is 0 Å². The summed E-state index contributed by atoms with van der Waals surface area (Å²) in [6, 6.07) is 5.88. The van der Waals surface area contributed by atoms with Gasteiger partial charge < -0.3 is 20.1 Å². The van der Waals surface area contributed by atoms with Crippen molar-refractivity contribution in [2.24, 2.45) is 0 Å². The number of nitrogens with one attached hydrogen (secondary N) is 2. The van der Waals surface area contributed by atoms with Crippen molar-refractivity contribution in [2.45, 2.75) is 18.9 Å². The summed E-state index contributed by atoms with van der Waals surface area (Å²) in [7, 11) is 1.61. The minimum Gasteiger partial charge on any atom is -0.493 e. The Hall–Kier alpha value is -1.72. The fourth-order valence-electron chi connectivity index (χ4n) is 2.73. The van der Waals surface area contributed by atoms with Crippen LogP contribution in [0.2, 0.25) is 0 Å². The van der Waals surface area contributed by atoms with E-state index in [1.165, 1.54) is 0 Å². The molecule has 1 atom stereocenters. The number of hydrogen-bond donors (Lipinski definition) is 2. The van der Waals surface area contributed by atoms with Crippen LogP contribution in [0.15, 0.2) is 23.8 Å². The fraction of sp³-hybridized carbons (Fsp3) is 0.438. The lowest BCUT2D eigenvalue weighted by Gasteiger charge is -2.25. The van der Waals surface area contributed by atoms with Crippen molar-refractivity contribution in [3.8, 4) is 11.5 Å². The summed E-state index contributed by atoms with van der Waals surface area (Å²) in [5, 5.41) is 6.36. The zero-order chi connectivity index (χ0) is 14.7. The standard InChI is InChI=1S/C16H20N2O3.ClH/c1-20-14-6-2-4-11-8-12(10-21-15(11)14)16(19)18-13-5-3-7-17-9-13;/h2,4,6,8,13,17H,3,5,7,9-10H2,1H3,(H,18,19);1H. The molecule has 2 aliphatic heterocycles. The van der Waals surface area contributed by atoms with Crippen molar-refractivity contribution in [1.29, 1.82) is 0 Å². The highest BCUT2D eigenvalue weighted by Crippen LogP contribution is 2.35. The number of halogens is 1. The predicted molar refractivity (Wildman–Crippen MR) is 87.7 cm³/mol. The molecule has 1 aromatic rings. The SMILES string of the molecule is COc1cccc2c1OCC(C(=O)NC1CCCNC1)=C2.Cl. The van der Waals surface area contributed by atoms with Gasteiger partial charge in [0, 0.05) is 18.2 Å². The molecular weight excluding hydrogens is 304 g/mol. The van der Waals surface area contributed by atoms with Crippen LogP contribution in [0.4, 0.5) is 0 Å². The number of methoxy groups -OCH3 is 1. The van der Waals surface area contributed by atoms with Gasteiger partial charge in [0.1, 0.15) is 6.61 Å². The molecule has 0 radical (unpaired) electrons. The highest BCUT2D eigenvalue weighted by molar-refractivity contribution is 5.99. The summed E-state index contributed by atoms with van der Waals surface area (Å²) in [4.78, 5) is 12.3. The van der Waals surface area contributed by atoms with Crippen LogP contribution in [0.1, 0.15) is 18.4 Å². The molecule has 120 valence electrons. The number of para-hydroxylation sites is 1. The summed E-state index contributed by atoms with van der Waals surface area (Å²) in [5.74, 6) is 1.35. The van der Waals surface area contributed by atoms with E-state index in [1.807, 2.05) is 24.3 Å². The van der Waals surface area contributed by atoms with E-state index in [9.17, 15) is 4.79 Å². The second-order valence-electron chi connectivity index (χ2n) is 5.35. The minimum absolute atomic E-state index is 0. The van der Waals surface area contributed by atoms with Crippen LogP contribution < -0.4 is 20.1 Å². The molecule has 1 amide bonds. The van der Waals surface area contributed by atoms with Crippen molar-refractivity contribution < 1.29 is 14.3 Å². The summed E-state index contributed by atoms with van der Waals surface area (Å²) >= 11 is 0. The summed E-state index contributed by atoms with van der Waals surface area (Å²) in [6.45, 7) is 2.15. The number of ether oxygens (including phenoxy) is 2. The monoisotopic (exact) mass is 324 g/mol. The molecule has 1 unspecified atom stereocenters. The number of piperidine rings is 1. The Morgan fingerprint density at radius 2 is 2.32 bits per heavy atom. The molecule has 3 rings (SSSR count). The van der Waals surface area contributed by atoms with Gasteiger partial charge in [-0.1, -0.05) is 12.1 Å². The Morgan fingerprint density at radius 3 is 3.05 bits per heavy atom. The Kier molecular flexibility index (Phi) is 5.69. The number of carbonyl (C=O) groups excluding carboxylic acids is 1. The highest BCUT2D eigenvalue weighted by atomic mass is 35.5. The second-order valence-corrected chi connectivity index (χ2v) is 5.35. The first-order valence-corrected chi connectivity index (χ1v) is 7.30. The lowest BCUT2D eigenvalue weighted by atomic mass is 10.0. The van der Waals surface area contributed by atoms with E-state index in [-0.39, 0.29) is 31.0 Å². The van der Waals surface area contributed by atoms with E-state index in [0.717, 1.165) is 31.5 Å². The first-order valence-electron chi connectivity index (χ1n) is 7.30. The second kappa shape index (κ2) is 7.51. The van der Waals surface area contributed by atoms with Crippen LogP contribution in [0.3, 0.4) is 0 Å². The number of carbonyl (C=O) groups is 1. The van der Waals surface area contributed by atoms with Gasteiger partial charge in [0.25, 0.3) is 5.91 Å². The van der Waals surface area contributed by atoms with Crippen molar-refractivity contribution in [3.63, 3.8) is 0 Å². The molecule has 0 bridgehead atoms. The smallest absolute Gasteiger partial charge is 0.250 e. The molecule has 6 heteroatoms. The molecule has 1 aromatic carbocycles. The van der Waals surface area contributed by atoms with E-state index >= 15 is 0 Å². The Bertz CT molecular complexity index is 569. The third-order valence-electron chi connectivity index (χ3n) is 3.85. The lowest BCUT2D eigenvalue weighted by Crippen LogP contribution is -2.46. The van der Waals surface area contributed by atoms with Gasteiger partial charge in [-0.05, 0) is 31.5 Å². The number of amides is 1. The summed E-state index contributed by atoms with van der Waals surface area (Å²) in [5.41, 5.74) is 1.54. The number of fused-ring (bicyclic) bond motifs is 1. The van der Waals surface area contributed by atoms with Gasteiger partial charge in [-0.3, -0.25) is 4.79 Å². The maximum Gasteiger partial charge on any atom is 0.250 e. The Balaban J connectivity index is 0.00000176. The highest BCUT2D eigenvalue weighted by Gasteiger charge is 2.22. The van der Waals surface area contributed by atoms with Crippen LogP contribution in [0, 0.1) is 0 Å². The zero-order valence-corrected chi connectivity index (χ0v) is 13.4. The van der Waals surface area contributed by atoms with Gasteiger partial charge in [0.2, 0.25) is 0 Å². The van der Waals surface area contributed by atoms with E-state index in [0.29, 0.717) is 17.1 Å². The van der Waals surface area contributed by atoms with E-state index in [2.05, 4.69) is 10.6 Å². The largest absolute Gasteiger partial charge is 0.493 e. The zero-order valence-electron chi connectivity index (χ0n) is 12.6. The third-order valence-corrected chi connectivity index (χ3v) is 3.85. The molecule has 0 aromatic heterocycles. The van der Waals surface area contributed by atoms with Gasteiger partial charge in [-0.25, -0.2) is 0 Å². The molecule has 1 saturated heterocycles. The molecular formula is C16H21ClN2O3. The van der Waals surface area contributed by atoms with Gasteiger partial charge >= 0.3 is 0 Å². The van der Waals surface area contributed by atoms with E-state index in [4.69, 9.17) is 9.47 Å². The van der Waals surface area contributed by atoms with Gasteiger partial charge in [-0.15, -0.1) is 12.4 Å². The maximum atomic E-state index is 12.3. The molecule has 2 N–H and O–H groups in total. The molecule has 1 fully saturated rings. The molecule has 0 saturated carbocycles. The van der Waals surface area contributed by atoms with Crippen LogP contribution >= 0.6 is 12.4 Å². The van der Waals surface area contributed by atoms with Gasteiger partial charge in [0.05, 0.1) is 12.7 Å². The molecule has 5 nitrogen and oxygen atoms in total.